The second-order valence-electron chi connectivity index (χ2n) is 4.97. The molecule has 1 aromatic heterocycles. The number of aromatic carboxylic acids is 1. The molecule has 3 rings (SSSR count). The van der Waals surface area contributed by atoms with E-state index in [1.807, 2.05) is 0 Å². The SMILES string of the molecule is O=C(O)c1cn(C2CN(Cc3cc(F)ccc3Cl)C2)nn1. The zero-order valence-corrected chi connectivity index (χ0v) is 11.7. The van der Waals surface area contributed by atoms with Crippen LogP contribution in [0, 0.1) is 5.82 Å². The van der Waals surface area contributed by atoms with Crippen LogP contribution in [-0.4, -0.2) is 44.1 Å². The standard InChI is InChI=1S/C13H12ClFN4O2/c14-11-2-1-9(15)3-8(11)4-18-5-10(6-18)19-7-12(13(20)21)16-17-19/h1-3,7,10H,4-6H2,(H,20,21). The molecule has 0 saturated carbocycles. The second kappa shape index (κ2) is 5.42. The van der Waals surface area contributed by atoms with Crippen molar-refractivity contribution in [1.82, 2.24) is 19.9 Å². The predicted molar refractivity (Wildman–Crippen MR) is 72.7 cm³/mol. The molecule has 1 fully saturated rings. The molecule has 0 aliphatic carbocycles. The molecule has 110 valence electrons. The summed E-state index contributed by atoms with van der Waals surface area (Å²) in [4.78, 5) is 12.8. The number of nitrogens with zero attached hydrogens (tertiary/aromatic N) is 4. The lowest BCUT2D eigenvalue weighted by Gasteiger charge is -2.39. The fourth-order valence-electron chi connectivity index (χ4n) is 2.30. The van der Waals surface area contributed by atoms with Gasteiger partial charge in [0.05, 0.1) is 12.2 Å². The zero-order chi connectivity index (χ0) is 15.0. The van der Waals surface area contributed by atoms with Crippen LogP contribution >= 0.6 is 11.6 Å². The maximum Gasteiger partial charge on any atom is 0.358 e. The molecule has 0 bridgehead atoms. The number of carboxylic acid groups (broad SMARTS) is 1. The second-order valence-corrected chi connectivity index (χ2v) is 5.38. The number of benzene rings is 1. The van der Waals surface area contributed by atoms with Gasteiger partial charge in [-0.3, -0.25) is 4.90 Å². The van der Waals surface area contributed by atoms with Gasteiger partial charge in [0.2, 0.25) is 0 Å². The van der Waals surface area contributed by atoms with Crippen LogP contribution in [0.5, 0.6) is 0 Å². The van der Waals surface area contributed by atoms with E-state index in [0.717, 1.165) is 5.56 Å². The molecule has 2 aromatic rings. The Morgan fingerprint density at radius 2 is 2.24 bits per heavy atom. The van der Waals surface area contributed by atoms with Crippen LogP contribution in [0.3, 0.4) is 0 Å². The average molecular weight is 311 g/mol. The van der Waals surface area contributed by atoms with E-state index in [0.29, 0.717) is 24.7 Å². The van der Waals surface area contributed by atoms with Gasteiger partial charge in [0, 0.05) is 24.7 Å². The van der Waals surface area contributed by atoms with Crippen molar-refractivity contribution in [2.24, 2.45) is 0 Å². The molecule has 0 unspecified atom stereocenters. The van der Waals surface area contributed by atoms with Crippen LogP contribution in [0.2, 0.25) is 5.02 Å². The molecule has 0 atom stereocenters. The number of likely N-dealkylation sites (tertiary alicyclic amines) is 1. The highest BCUT2D eigenvalue weighted by Gasteiger charge is 2.30. The number of carbonyl (C=O) groups is 1. The van der Waals surface area contributed by atoms with Crippen LogP contribution in [0.4, 0.5) is 4.39 Å². The normalized spacial score (nSPS) is 15.9. The lowest BCUT2D eigenvalue weighted by atomic mass is 10.1. The molecule has 0 radical (unpaired) electrons. The Bertz CT molecular complexity index is 685. The molecular weight excluding hydrogens is 299 g/mol. The van der Waals surface area contributed by atoms with Crippen molar-refractivity contribution in [3.63, 3.8) is 0 Å². The Morgan fingerprint density at radius 3 is 2.90 bits per heavy atom. The third kappa shape index (κ3) is 2.88. The Kier molecular flexibility index (Phi) is 3.60. The van der Waals surface area contributed by atoms with E-state index < -0.39 is 5.97 Å². The number of carboxylic acids is 1. The number of halogens is 2. The van der Waals surface area contributed by atoms with E-state index in [1.165, 1.54) is 18.3 Å². The Labute approximate surface area is 124 Å². The van der Waals surface area contributed by atoms with Gasteiger partial charge in [-0.05, 0) is 23.8 Å². The van der Waals surface area contributed by atoms with Gasteiger partial charge in [-0.15, -0.1) is 5.10 Å². The summed E-state index contributed by atoms with van der Waals surface area (Å²) in [5.74, 6) is -1.40. The molecule has 6 nitrogen and oxygen atoms in total. The van der Waals surface area contributed by atoms with Crippen molar-refractivity contribution in [3.8, 4) is 0 Å². The summed E-state index contributed by atoms with van der Waals surface area (Å²) in [6.07, 6.45) is 1.42. The molecule has 21 heavy (non-hydrogen) atoms. The summed E-state index contributed by atoms with van der Waals surface area (Å²) >= 11 is 6.03. The van der Waals surface area contributed by atoms with E-state index in [1.54, 1.807) is 10.7 Å². The van der Waals surface area contributed by atoms with E-state index in [-0.39, 0.29) is 17.6 Å². The first-order valence-electron chi connectivity index (χ1n) is 6.34. The Balaban J connectivity index is 1.60. The summed E-state index contributed by atoms with van der Waals surface area (Å²) in [5.41, 5.74) is 0.668. The van der Waals surface area contributed by atoms with Gasteiger partial charge in [-0.2, -0.15) is 0 Å². The molecule has 1 aromatic carbocycles. The lowest BCUT2D eigenvalue weighted by molar-refractivity contribution is 0.0690. The third-order valence-electron chi connectivity index (χ3n) is 3.44. The van der Waals surface area contributed by atoms with E-state index in [4.69, 9.17) is 16.7 Å². The number of hydrogen-bond donors (Lipinski definition) is 1. The molecule has 8 heteroatoms. The first-order chi connectivity index (χ1) is 10.0. The maximum absolute atomic E-state index is 13.2. The fraction of sp³-hybridized carbons (Fsp3) is 0.308. The summed E-state index contributed by atoms with van der Waals surface area (Å²) in [7, 11) is 0. The summed E-state index contributed by atoms with van der Waals surface area (Å²) < 4.78 is 14.7. The van der Waals surface area contributed by atoms with Crippen molar-refractivity contribution in [3.05, 3.63) is 46.5 Å². The smallest absolute Gasteiger partial charge is 0.358 e. The predicted octanol–water partition coefficient (Wildman–Crippen LogP) is 1.83. The van der Waals surface area contributed by atoms with Gasteiger partial charge < -0.3 is 5.11 Å². The highest BCUT2D eigenvalue weighted by atomic mass is 35.5. The molecule has 1 N–H and O–H groups in total. The van der Waals surface area contributed by atoms with Crippen LogP contribution in [0.25, 0.3) is 0 Å². The van der Waals surface area contributed by atoms with Gasteiger partial charge in [0.1, 0.15) is 5.82 Å². The summed E-state index contributed by atoms with van der Waals surface area (Å²) in [6.45, 7) is 1.93. The van der Waals surface area contributed by atoms with Crippen molar-refractivity contribution >= 4 is 17.6 Å². The number of hydrogen-bond acceptors (Lipinski definition) is 4. The van der Waals surface area contributed by atoms with Gasteiger partial charge >= 0.3 is 5.97 Å². The van der Waals surface area contributed by atoms with Crippen LogP contribution in [-0.2, 0) is 6.54 Å². The first kappa shape index (κ1) is 14.0. The Morgan fingerprint density at radius 1 is 1.48 bits per heavy atom. The lowest BCUT2D eigenvalue weighted by Crippen LogP contribution is -2.47. The molecule has 0 spiro atoms. The molecule has 1 aliphatic heterocycles. The highest BCUT2D eigenvalue weighted by Crippen LogP contribution is 2.25. The van der Waals surface area contributed by atoms with Crippen LogP contribution in [0.1, 0.15) is 22.1 Å². The minimum atomic E-state index is -1.09. The Hall–Kier alpha value is -1.99. The van der Waals surface area contributed by atoms with Gasteiger partial charge in [0.25, 0.3) is 0 Å². The topological polar surface area (TPSA) is 71.2 Å². The van der Waals surface area contributed by atoms with Crippen molar-refractivity contribution < 1.29 is 14.3 Å². The third-order valence-corrected chi connectivity index (χ3v) is 3.81. The van der Waals surface area contributed by atoms with Gasteiger partial charge in [0.15, 0.2) is 5.69 Å². The first-order valence-corrected chi connectivity index (χ1v) is 6.72. The largest absolute Gasteiger partial charge is 0.476 e. The van der Waals surface area contributed by atoms with E-state index in [9.17, 15) is 9.18 Å². The van der Waals surface area contributed by atoms with Gasteiger partial charge in [-0.1, -0.05) is 16.8 Å². The van der Waals surface area contributed by atoms with Crippen molar-refractivity contribution in [1.29, 1.82) is 0 Å². The molecule has 2 heterocycles. The molecule has 0 amide bonds. The average Bonchev–Trinajstić information content (AvgIpc) is 2.86. The summed E-state index contributed by atoms with van der Waals surface area (Å²) in [6, 6.07) is 4.37. The van der Waals surface area contributed by atoms with E-state index >= 15 is 0 Å². The number of rotatable bonds is 4. The quantitative estimate of drug-likeness (QED) is 0.933. The fourth-order valence-corrected chi connectivity index (χ4v) is 2.47. The molecular formula is C13H12ClFN4O2. The van der Waals surface area contributed by atoms with Crippen molar-refractivity contribution in [2.45, 2.75) is 12.6 Å². The number of aromatic nitrogens is 3. The van der Waals surface area contributed by atoms with Crippen LogP contribution < -0.4 is 0 Å². The summed E-state index contributed by atoms with van der Waals surface area (Å²) in [5, 5.41) is 16.7. The maximum atomic E-state index is 13.2. The van der Waals surface area contributed by atoms with Crippen molar-refractivity contribution in [2.75, 3.05) is 13.1 Å². The van der Waals surface area contributed by atoms with Gasteiger partial charge in [-0.25, -0.2) is 13.9 Å². The monoisotopic (exact) mass is 310 g/mol. The molecule has 1 aliphatic rings. The highest BCUT2D eigenvalue weighted by molar-refractivity contribution is 6.31. The molecule has 1 saturated heterocycles. The minimum Gasteiger partial charge on any atom is -0.476 e. The zero-order valence-electron chi connectivity index (χ0n) is 10.9. The van der Waals surface area contributed by atoms with E-state index in [2.05, 4.69) is 15.2 Å². The van der Waals surface area contributed by atoms with Crippen LogP contribution in [0.15, 0.2) is 24.4 Å². The minimum absolute atomic E-state index is 0.0679.